The van der Waals surface area contributed by atoms with Crippen molar-refractivity contribution in [2.24, 2.45) is 5.92 Å². The van der Waals surface area contributed by atoms with E-state index in [0.29, 0.717) is 13.1 Å². The number of carbonyl (C=O) groups excluding carboxylic acids is 1. The van der Waals surface area contributed by atoms with Crippen LogP contribution in [0.1, 0.15) is 52.8 Å². The number of hydrogen-bond donors (Lipinski definition) is 3. The largest absolute Gasteiger partial charge is 0.392 e. The van der Waals surface area contributed by atoms with Crippen LogP contribution in [-0.2, 0) is 35.6 Å². The zero-order chi connectivity index (χ0) is 34.7. The Balaban J connectivity index is 1.15. The summed E-state index contributed by atoms with van der Waals surface area (Å²) in [5, 5.41) is 15.5. The third kappa shape index (κ3) is 9.22. The quantitative estimate of drug-likeness (QED) is 0.123. The number of nitrogens with one attached hydrogen (secondary N) is 2. The van der Waals surface area contributed by atoms with E-state index in [0.717, 1.165) is 64.1 Å². The minimum Gasteiger partial charge on any atom is -0.392 e. The van der Waals surface area contributed by atoms with Gasteiger partial charge in [0.05, 0.1) is 18.8 Å². The molecule has 6 rings (SSSR count). The summed E-state index contributed by atoms with van der Waals surface area (Å²) >= 11 is 0. The second-order valence-electron chi connectivity index (χ2n) is 13.0. The Morgan fingerprint density at radius 2 is 1.48 bits per heavy atom. The summed E-state index contributed by atoms with van der Waals surface area (Å²) in [6.45, 7) is 4.67. The Bertz CT molecular complexity index is 1790. The number of urea groups is 1. The zero-order valence-corrected chi connectivity index (χ0v) is 28.7. The molecule has 5 aromatic rings. The number of hydrogen-bond acceptors (Lipinski definition) is 6. The average Bonchev–Trinajstić information content (AvgIpc) is 3.17. The molecule has 50 heavy (non-hydrogen) atoms. The number of amides is 2. The fraction of sp³-hybridized carbons (Fsp3) is 0.286. The first-order valence-corrected chi connectivity index (χ1v) is 17.3. The smallest absolute Gasteiger partial charge is 0.315 e. The van der Waals surface area contributed by atoms with Crippen molar-refractivity contribution < 1.29 is 19.4 Å². The predicted molar refractivity (Wildman–Crippen MR) is 196 cm³/mol. The molecule has 1 fully saturated rings. The van der Waals surface area contributed by atoms with E-state index in [2.05, 4.69) is 70.9 Å². The topological polar surface area (TPSA) is 96.0 Å². The first kappa shape index (κ1) is 35.0. The third-order valence-corrected chi connectivity index (χ3v) is 9.34. The molecular formula is C42H46N4O4. The van der Waals surface area contributed by atoms with E-state index in [4.69, 9.17) is 9.47 Å². The molecule has 2 heterocycles. The molecule has 8 nitrogen and oxygen atoms in total. The van der Waals surface area contributed by atoms with Gasteiger partial charge in [0.2, 0.25) is 0 Å². The highest BCUT2D eigenvalue weighted by Crippen LogP contribution is 2.42. The number of ether oxygens (including phenoxy) is 2. The molecule has 0 radical (unpaired) electrons. The average molecular weight is 671 g/mol. The summed E-state index contributed by atoms with van der Waals surface area (Å²) in [7, 11) is 2.13. The van der Waals surface area contributed by atoms with Crippen molar-refractivity contribution in [3.63, 3.8) is 0 Å². The van der Waals surface area contributed by atoms with Crippen molar-refractivity contribution >= 4 is 6.03 Å². The Hall–Kier alpha value is -4.86. The van der Waals surface area contributed by atoms with Crippen LogP contribution in [0.5, 0.6) is 0 Å². The molecule has 258 valence electrons. The van der Waals surface area contributed by atoms with Crippen LogP contribution in [0.15, 0.2) is 128 Å². The lowest BCUT2D eigenvalue weighted by atomic mass is 9.90. The first-order chi connectivity index (χ1) is 24.5. The highest BCUT2D eigenvalue weighted by Gasteiger charge is 2.38. The summed E-state index contributed by atoms with van der Waals surface area (Å²) < 4.78 is 13.4. The number of rotatable bonds is 13. The van der Waals surface area contributed by atoms with Gasteiger partial charge >= 0.3 is 6.03 Å². The van der Waals surface area contributed by atoms with Gasteiger partial charge < -0.3 is 30.1 Å². The number of carbonyl (C=O) groups is 1. The zero-order valence-electron chi connectivity index (χ0n) is 28.7. The second-order valence-corrected chi connectivity index (χ2v) is 13.0. The van der Waals surface area contributed by atoms with Crippen molar-refractivity contribution in [3.05, 3.63) is 161 Å². The van der Waals surface area contributed by atoms with Crippen LogP contribution in [0.25, 0.3) is 11.1 Å². The van der Waals surface area contributed by atoms with Gasteiger partial charge in [-0.25, -0.2) is 4.79 Å². The summed E-state index contributed by atoms with van der Waals surface area (Å²) in [5.74, 6) is 0.0899. The Labute approximate surface area is 295 Å². The molecule has 2 amide bonds. The van der Waals surface area contributed by atoms with Crippen LogP contribution in [-0.4, -0.2) is 47.3 Å². The van der Waals surface area contributed by atoms with E-state index in [1.54, 1.807) is 0 Å². The number of pyridine rings is 1. The number of aromatic nitrogens is 1. The predicted octanol–water partition coefficient (Wildman–Crippen LogP) is 7.21. The molecule has 0 spiro atoms. The fourth-order valence-corrected chi connectivity index (χ4v) is 6.37. The third-order valence-electron chi connectivity index (χ3n) is 9.34. The lowest BCUT2D eigenvalue weighted by Gasteiger charge is -2.42. The monoisotopic (exact) mass is 670 g/mol. The van der Waals surface area contributed by atoms with Gasteiger partial charge in [0, 0.05) is 56.0 Å². The van der Waals surface area contributed by atoms with Gasteiger partial charge in [0.1, 0.15) is 0 Å². The van der Waals surface area contributed by atoms with Gasteiger partial charge in [-0.1, -0.05) is 116 Å². The van der Waals surface area contributed by atoms with Crippen LogP contribution < -0.4 is 10.6 Å². The van der Waals surface area contributed by atoms with Crippen molar-refractivity contribution in [1.29, 1.82) is 0 Å². The molecule has 4 aromatic carbocycles. The van der Waals surface area contributed by atoms with Crippen LogP contribution >= 0.6 is 0 Å². The van der Waals surface area contributed by atoms with E-state index < -0.39 is 6.29 Å². The molecule has 4 unspecified atom stereocenters. The first-order valence-electron chi connectivity index (χ1n) is 17.3. The molecule has 8 heteroatoms. The van der Waals surface area contributed by atoms with Gasteiger partial charge in [-0.15, -0.1) is 0 Å². The standard InChI is InChI=1S/C42H46N4O4/c1-30-39(28-46(2)25-23-37-13-8-9-24-43-37)49-41(50-40(30)34-17-15-32(29-47)16-18-34)35-21-19-33(20-22-35)38-14-7-6-12-36(38)27-45-42(48)44-26-31-10-4-3-5-11-31/h3-22,24,30,39-41,47H,23,25-29H2,1-2H3,(H2,44,45,48). The van der Waals surface area contributed by atoms with Crippen molar-refractivity contribution in [1.82, 2.24) is 20.5 Å². The lowest BCUT2D eigenvalue weighted by molar-refractivity contribution is -0.275. The normalized spacial score (nSPS) is 18.9. The van der Waals surface area contributed by atoms with Gasteiger partial charge in [-0.3, -0.25) is 4.98 Å². The van der Waals surface area contributed by atoms with Crippen molar-refractivity contribution in [3.8, 4) is 11.1 Å². The van der Waals surface area contributed by atoms with Crippen LogP contribution in [0.4, 0.5) is 4.79 Å². The van der Waals surface area contributed by atoms with Gasteiger partial charge in [0.15, 0.2) is 6.29 Å². The Morgan fingerprint density at radius 3 is 2.22 bits per heavy atom. The summed E-state index contributed by atoms with van der Waals surface area (Å²) in [5.41, 5.74) is 8.11. The van der Waals surface area contributed by atoms with Crippen LogP contribution in [0.3, 0.4) is 0 Å². The molecule has 1 aliphatic heterocycles. The molecule has 1 aliphatic rings. The Morgan fingerprint density at radius 1 is 0.780 bits per heavy atom. The fourth-order valence-electron chi connectivity index (χ4n) is 6.37. The molecule has 1 aromatic heterocycles. The lowest BCUT2D eigenvalue weighted by Crippen LogP contribution is -2.43. The maximum absolute atomic E-state index is 12.6. The number of nitrogens with zero attached hydrogens (tertiary/aromatic N) is 2. The molecule has 0 aliphatic carbocycles. The molecule has 0 bridgehead atoms. The maximum atomic E-state index is 12.6. The highest BCUT2D eigenvalue weighted by molar-refractivity contribution is 5.75. The molecule has 1 saturated heterocycles. The Kier molecular flexibility index (Phi) is 12.0. The number of benzene rings is 4. The second kappa shape index (κ2) is 17.2. The van der Waals surface area contributed by atoms with Crippen molar-refractivity contribution in [2.45, 2.75) is 51.5 Å². The van der Waals surface area contributed by atoms with E-state index in [-0.39, 0.29) is 30.8 Å². The number of aliphatic hydroxyl groups excluding tert-OH is 1. The van der Waals surface area contributed by atoms with Crippen LogP contribution in [0.2, 0.25) is 0 Å². The summed E-state index contributed by atoms with van der Waals surface area (Å²) in [6.07, 6.45) is 1.88. The molecular weight excluding hydrogens is 624 g/mol. The molecule has 0 saturated carbocycles. The van der Waals surface area contributed by atoms with E-state index in [1.165, 1.54) is 0 Å². The van der Waals surface area contributed by atoms with E-state index in [1.807, 2.05) is 91.1 Å². The van der Waals surface area contributed by atoms with E-state index >= 15 is 0 Å². The molecule has 4 atom stereocenters. The van der Waals surface area contributed by atoms with Crippen LogP contribution in [0, 0.1) is 5.92 Å². The number of likely N-dealkylation sites (N-methyl/N-ethyl adjacent to an activating group) is 1. The summed E-state index contributed by atoms with van der Waals surface area (Å²) in [6, 6.07) is 40.1. The maximum Gasteiger partial charge on any atom is 0.315 e. The number of aliphatic hydroxyl groups is 1. The SMILES string of the molecule is CC1C(CN(C)CCc2ccccn2)OC(c2ccc(-c3ccccc3CNC(=O)NCc3ccccc3)cc2)OC1c1ccc(CO)cc1. The van der Waals surface area contributed by atoms with Crippen molar-refractivity contribution in [2.75, 3.05) is 20.1 Å². The minimum atomic E-state index is -0.554. The summed E-state index contributed by atoms with van der Waals surface area (Å²) in [4.78, 5) is 19.4. The highest BCUT2D eigenvalue weighted by atomic mass is 16.7. The van der Waals surface area contributed by atoms with Gasteiger partial charge in [0.25, 0.3) is 0 Å². The molecule has 3 N–H and O–H groups in total. The van der Waals surface area contributed by atoms with Gasteiger partial charge in [-0.2, -0.15) is 0 Å². The van der Waals surface area contributed by atoms with E-state index in [9.17, 15) is 9.90 Å². The minimum absolute atomic E-state index is 0.00375. The van der Waals surface area contributed by atoms with Gasteiger partial charge in [-0.05, 0) is 52.6 Å².